The Bertz CT molecular complexity index is 339. The number of halogens is 3. The molecule has 0 radical (unpaired) electrons. The molecule has 0 bridgehead atoms. The van der Waals surface area contributed by atoms with E-state index in [1.54, 1.807) is 6.07 Å². The summed E-state index contributed by atoms with van der Waals surface area (Å²) in [7, 11) is 0. The summed E-state index contributed by atoms with van der Waals surface area (Å²) in [5.74, 6) is 0. The summed E-state index contributed by atoms with van der Waals surface area (Å²) in [5, 5.41) is 11.6. The Labute approximate surface area is 98.5 Å². The van der Waals surface area contributed by atoms with Gasteiger partial charge in [0.25, 0.3) is 0 Å². The van der Waals surface area contributed by atoms with E-state index in [1.165, 1.54) is 6.07 Å². The normalized spacial score (nSPS) is 11.8. The maximum Gasteiger partial charge on any atom is 0.416 e. The van der Waals surface area contributed by atoms with Gasteiger partial charge < -0.3 is 10.4 Å². The lowest BCUT2D eigenvalue weighted by Crippen LogP contribution is -2.15. The Morgan fingerprint density at radius 1 is 1.18 bits per heavy atom. The molecule has 0 aliphatic rings. The van der Waals surface area contributed by atoms with E-state index in [0.29, 0.717) is 25.1 Å². The zero-order chi connectivity index (χ0) is 12.7. The molecular formula is C12H16F3NO. The minimum Gasteiger partial charge on any atom is -0.396 e. The minimum atomic E-state index is -4.28. The van der Waals surface area contributed by atoms with Gasteiger partial charge in [0.05, 0.1) is 5.56 Å². The Kier molecular flexibility index (Phi) is 5.44. The molecule has 0 fully saturated rings. The summed E-state index contributed by atoms with van der Waals surface area (Å²) in [6.07, 6.45) is -2.77. The molecule has 0 atom stereocenters. The molecule has 0 aromatic heterocycles. The maximum atomic E-state index is 12.4. The Morgan fingerprint density at radius 3 is 2.59 bits per heavy atom. The van der Waals surface area contributed by atoms with E-state index in [-0.39, 0.29) is 6.61 Å². The van der Waals surface area contributed by atoms with E-state index < -0.39 is 11.7 Å². The first-order valence-corrected chi connectivity index (χ1v) is 5.52. The van der Waals surface area contributed by atoms with E-state index in [2.05, 4.69) is 5.32 Å². The summed E-state index contributed by atoms with van der Waals surface area (Å²) in [6.45, 7) is 1.25. The van der Waals surface area contributed by atoms with Gasteiger partial charge in [0.15, 0.2) is 0 Å². The van der Waals surface area contributed by atoms with Crippen molar-refractivity contribution >= 4 is 0 Å². The van der Waals surface area contributed by atoms with Crippen molar-refractivity contribution in [2.45, 2.75) is 25.6 Å². The van der Waals surface area contributed by atoms with Gasteiger partial charge in [-0.25, -0.2) is 0 Å². The molecule has 0 unspecified atom stereocenters. The summed E-state index contributed by atoms with van der Waals surface area (Å²) in [4.78, 5) is 0. The van der Waals surface area contributed by atoms with E-state index >= 15 is 0 Å². The van der Waals surface area contributed by atoms with Crippen LogP contribution in [0.5, 0.6) is 0 Å². The summed E-state index contributed by atoms with van der Waals surface area (Å²) >= 11 is 0. The molecule has 1 rings (SSSR count). The smallest absolute Gasteiger partial charge is 0.396 e. The number of aliphatic hydroxyl groups excluding tert-OH is 1. The second kappa shape index (κ2) is 6.61. The highest BCUT2D eigenvalue weighted by atomic mass is 19.4. The lowest BCUT2D eigenvalue weighted by atomic mass is 10.1. The standard InChI is InChI=1S/C12H16F3NO/c13-12(14,15)11-5-3-4-10(8-11)9-16-6-1-2-7-17/h3-5,8,16-17H,1-2,6-7,9H2. The Morgan fingerprint density at radius 2 is 1.94 bits per heavy atom. The molecule has 1 aromatic rings. The molecule has 0 aliphatic carbocycles. The van der Waals surface area contributed by atoms with Gasteiger partial charge in [0, 0.05) is 13.2 Å². The minimum absolute atomic E-state index is 0.144. The van der Waals surface area contributed by atoms with Crippen molar-refractivity contribution in [2.24, 2.45) is 0 Å². The zero-order valence-corrected chi connectivity index (χ0v) is 9.43. The molecule has 0 heterocycles. The van der Waals surface area contributed by atoms with Crippen LogP contribution in [0.3, 0.4) is 0 Å². The van der Waals surface area contributed by atoms with Crippen LogP contribution in [0.1, 0.15) is 24.0 Å². The molecule has 1 aromatic carbocycles. The zero-order valence-electron chi connectivity index (χ0n) is 9.43. The predicted molar refractivity (Wildman–Crippen MR) is 59.5 cm³/mol. The summed E-state index contributed by atoms with van der Waals surface area (Å²) in [5.41, 5.74) is -0.00372. The molecule has 17 heavy (non-hydrogen) atoms. The largest absolute Gasteiger partial charge is 0.416 e. The van der Waals surface area contributed by atoms with Crippen LogP contribution in [0.4, 0.5) is 13.2 Å². The molecular weight excluding hydrogens is 231 g/mol. The van der Waals surface area contributed by atoms with Gasteiger partial charge in [-0.1, -0.05) is 18.2 Å². The number of unbranched alkanes of at least 4 members (excludes halogenated alkanes) is 1. The van der Waals surface area contributed by atoms with Crippen LogP contribution in [0, 0.1) is 0 Å². The van der Waals surface area contributed by atoms with Gasteiger partial charge in [0.2, 0.25) is 0 Å². The first-order chi connectivity index (χ1) is 8.04. The molecule has 96 valence electrons. The maximum absolute atomic E-state index is 12.4. The van der Waals surface area contributed by atoms with Gasteiger partial charge in [0.1, 0.15) is 0 Å². The second-order valence-corrected chi connectivity index (χ2v) is 3.81. The highest BCUT2D eigenvalue weighted by molar-refractivity contribution is 5.25. The Balaban J connectivity index is 2.44. The first kappa shape index (κ1) is 14.0. The van der Waals surface area contributed by atoms with Crippen molar-refractivity contribution in [3.05, 3.63) is 35.4 Å². The Hall–Kier alpha value is -1.07. The van der Waals surface area contributed by atoms with Crippen molar-refractivity contribution in [1.29, 1.82) is 0 Å². The van der Waals surface area contributed by atoms with Crippen LogP contribution >= 0.6 is 0 Å². The lowest BCUT2D eigenvalue weighted by molar-refractivity contribution is -0.137. The van der Waals surface area contributed by atoms with Crippen LogP contribution in [0.25, 0.3) is 0 Å². The topological polar surface area (TPSA) is 32.3 Å². The molecule has 0 saturated carbocycles. The van der Waals surface area contributed by atoms with Crippen molar-refractivity contribution in [2.75, 3.05) is 13.2 Å². The van der Waals surface area contributed by atoms with Crippen LogP contribution in [0.2, 0.25) is 0 Å². The van der Waals surface area contributed by atoms with Crippen LogP contribution in [-0.2, 0) is 12.7 Å². The molecule has 0 aliphatic heterocycles. The average Bonchev–Trinajstić information content (AvgIpc) is 2.28. The summed E-state index contributed by atoms with van der Waals surface area (Å²) in [6, 6.07) is 5.29. The van der Waals surface area contributed by atoms with Crippen molar-refractivity contribution in [1.82, 2.24) is 5.32 Å². The second-order valence-electron chi connectivity index (χ2n) is 3.81. The number of hydrogen-bond acceptors (Lipinski definition) is 2. The fourth-order valence-electron chi connectivity index (χ4n) is 1.45. The van der Waals surface area contributed by atoms with Gasteiger partial charge in [-0.15, -0.1) is 0 Å². The van der Waals surface area contributed by atoms with Gasteiger partial charge in [-0.3, -0.25) is 0 Å². The molecule has 0 spiro atoms. The highest BCUT2D eigenvalue weighted by Gasteiger charge is 2.30. The fraction of sp³-hybridized carbons (Fsp3) is 0.500. The van der Waals surface area contributed by atoms with E-state index in [9.17, 15) is 13.2 Å². The lowest BCUT2D eigenvalue weighted by Gasteiger charge is -2.09. The average molecular weight is 247 g/mol. The number of rotatable bonds is 6. The third kappa shape index (κ3) is 5.19. The van der Waals surface area contributed by atoms with Crippen molar-refractivity contribution < 1.29 is 18.3 Å². The van der Waals surface area contributed by atoms with Crippen molar-refractivity contribution in [3.63, 3.8) is 0 Å². The molecule has 0 saturated heterocycles. The molecule has 0 amide bonds. The quantitative estimate of drug-likeness (QED) is 0.757. The first-order valence-electron chi connectivity index (χ1n) is 5.52. The van der Waals surface area contributed by atoms with E-state index in [0.717, 1.165) is 18.6 Å². The fourth-order valence-corrected chi connectivity index (χ4v) is 1.45. The number of aliphatic hydroxyl groups is 1. The van der Waals surface area contributed by atoms with Gasteiger partial charge in [-0.05, 0) is 31.0 Å². The van der Waals surface area contributed by atoms with Gasteiger partial charge >= 0.3 is 6.18 Å². The monoisotopic (exact) mass is 247 g/mol. The third-order valence-electron chi connectivity index (χ3n) is 2.35. The highest BCUT2D eigenvalue weighted by Crippen LogP contribution is 2.29. The molecule has 2 N–H and O–H groups in total. The predicted octanol–water partition coefficient (Wildman–Crippen LogP) is 2.57. The van der Waals surface area contributed by atoms with E-state index in [1.807, 2.05) is 0 Å². The van der Waals surface area contributed by atoms with Crippen LogP contribution in [0.15, 0.2) is 24.3 Å². The van der Waals surface area contributed by atoms with Crippen LogP contribution in [-0.4, -0.2) is 18.3 Å². The van der Waals surface area contributed by atoms with Gasteiger partial charge in [-0.2, -0.15) is 13.2 Å². The van der Waals surface area contributed by atoms with Crippen LogP contribution < -0.4 is 5.32 Å². The summed E-state index contributed by atoms with van der Waals surface area (Å²) < 4.78 is 37.2. The van der Waals surface area contributed by atoms with Crippen molar-refractivity contribution in [3.8, 4) is 0 Å². The number of nitrogens with one attached hydrogen (secondary N) is 1. The third-order valence-corrected chi connectivity index (χ3v) is 2.35. The molecule has 2 nitrogen and oxygen atoms in total. The SMILES string of the molecule is OCCCCNCc1cccc(C(F)(F)F)c1. The number of hydrogen-bond donors (Lipinski definition) is 2. The van der Waals surface area contributed by atoms with E-state index in [4.69, 9.17) is 5.11 Å². The number of alkyl halides is 3. The number of benzene rings is 1. The molecule has 5 heteroatoms.